The number of ether oxygens (including phenoxy) is 1. The molecule has 0 bridgehead atoms. The van der Waals surface area contributed by atoms with Gasteiger partial charge in [0.25, 0.3) is 0 Å². The number of rotatable bonds is 4. The van der Waals surface area contributed by atoms with Crippen LogP contribution < -0.4 is 0 Å². The minimum Gasteiger partial charge on any atom is -0.380 e. The van der Waals surface area contributed by atoms with Gasteiger partial charge in [-0.25, -0.2) is 0 Å². The van der Waals surface area contributed by atoms with Gasteiger partial charge in [-0.05, 0) is 37.3 Å². The van der Waals surface area contributed by atoms with E-state index < -0.39 is 0 Å². The van der Waals surface area contributed by atoms with Crippen LogP contribution in [0.4, 0.5) is 0 Å². The molecule has 0 spiro atoms. The molecular weight excluding hydrogens is 254 g/mol. The topological polar surface area (TPSA) is 12.5 Å². The molecule has 19 heavy (non-hydrogen) atoms. The SMILES string of the molecule is COC1CCN(Cc2ccc(C3CCCCC3)s2)C1. The summed E-state index contributed by atoms with van der Waals surface area (Å²) in [5.74, 6) is 0.859. The maximum Gasteiger partial charge on any atom is 0.0710 e. The van der Waals surface area contributed by atoms with Crippen molar-refractivity contribution in [3.8, 4) is 0 Å². The van der Waals surface area contributed by atoms with Crippen molar-refractivity contribution in [2.75, 3.05) is 20.2 Å². The first-order valence-electron chi connectivity index (χ1n) is 7.69. The molecule has 1 saturated carbocycles. The van der Waals surface area contributed by atoms with Crippen molar-refractivity contribution in [2.24, 2.45) is 0 Å². The monoisotopic (exact) mass is 279 g/mol. The molecule has 3 heteroatoms. The van der Waals surface area contributed by atoms with E-state index in [0.717, 1.165) is 19.0 Å². The van der Waals surface area contributed by atoms with Gasteiger partial charge in [-0.3, -0.25) is 4.90 Å². The van der Waals surface area contributed by atoms with Crippen molar-refractivity contribution < 1.29 is 4.74 Å². The molecule has 106 valence electrons. The number of hydrogen-bond donors (Lipinski definition) is 0. The van der Waals surface area contributed by atoms with Crippen LogP contribution in [0.2, 0.25) is 0 Å². The van der Waals surface area contributed by atoms with Crippen LogP contribution in [0.25, 0.3) is 0 Å². The lowest BCUT2D eigenvalue weighted by atomic mass is 9.88. The molecule has 0 radical (unpaired) electrons. The molecule has 1 aliphatic heterocycles. The van der Waals surface area contributed by atoms with Crippen LogP contribution in [0.3, 0.4) is 0 Å². The fourth-order valence-electron chi connectivity index (χ4n) is 3.44. The van der Waals surface area contributed by atoms with Crippen molar-refractivity contribution in [3.05, 3.63) is 21.9 Å². The minimum atomic E-state index is 0.456. The van der Waals surface area contributed by atoms with Crippen molar-refractivity contribution in [1.29, 1.82) is 0 Å². The van der Waals surface area contributed by atoms with Gasteiger partial charge in [-0.2, -0.15) is 0 Å². The van der Waals surface area contributed by atoms with Crippen molar-refractivity contribution in [3.63, 3.8) is 0 Å². The third-order valence-corrected chi connectivity index (χ3v) is 5.86. The summed E-state index contributed by atoms with van der Waals surface area (Å²) in [7, 11) is 1.83. The predicted molar refractivity (Wildman–Crippen MR) is 80.8 cm³/mol. The molecule has 0 amide bonds. The summed E-state index contributed by atoms with van der Waals surface area (Å²) in [5, 5.41) is 0. The second kappa shape index (κ2) is 6.38. The lowest BCUT2D eigenvalue weighted by Crippen LogP contribution is -2.21. The lowest BCUT2D eigenvalue weighted by Gasteiger charge is -2.20. The Hall–Kier alpha value is -0.380. The van der Waals surface area contributed by atoms with E-state index in [2.05, 4.69) is 28.4 Å². The Balaban J connectivity index is 1.56. The second-order valence-corrected chi connectivity index (χ2v) is 7.22. The molecule has 1 aromatic heterocycles. The summed E-state index contributed by atoms with van der Waals surface area (Å²) in [6.07, 6.45) is 8.78. The number of methoxy groups -OCH3 is 1. The van der Waals surface area contributed by atoms with E-state index in [1.807, 2.05) is 7.11 Å². The summed E-state index contributed by atoms with van der Waals surface area (Å²) in [6, 6.07) is 4.74. The van der Waals surface area contributed by atoms with Gasteiger partial charge in [-0.15, -0.1) is 11.3 Å². The van der Waals surface area contributed by atoms with E-state index in [4.69, 9.17) is 4.74 Å². The highest BCUT2D eigenvalue weighted by atomic mass is 32.1. The van der Waals surface area contributed by atoms with Gasteiger partial charge < -0.3 is 4.74 Å². The van der Waals surface area contributed by atoms with E-state index in [1.54, 1.807) is 4.88 Å². The summed E-state index contributed by atoms with van der Waals surface area (Å²) >= 11 is 2.05. The van der Waals surface area contributed by atoms with Crippen LogP contribution in [0.1, 0.15) is 54.2 Å². The minimum absolute atomic E-state index is 0.456. The predicted octanol–water partition coefficient (Wildman–Crippen LogP) is 4.02. The Bertz CT molecular complexity index is 397. The average Bonchev–Trinajstić information content (AvgIpc) is 3.09. The van der Waals surface area contributed by atoms with Crippen molar-refractivity contribution >= 4 is 11.3 Å². The number of nitrogens with zero attached hydrogens (tertiary/aromatic N) is 1. The van der Waals surface area contributed by atoms with Crippen LogP contribution in [-0.4, -0.2) is 31.2 Å². The molecular formula is C16H25NOS. The quantitative estimate of drug-likeness (QED) is 0.825. The molecule has 1 saturated heterocycles. The maximum atomic E-state index is 5.44. The van der Waals surface area contributed by atoms with Gasteiger partial charge in [-0.1, -0.05) is 19.3 Å². The van der Waals surface area contributed by atoms with Gasteiger partial charge in [0.1, 0.15) is 0 Å². The van der Waals surface area contributed by atoms with Crippen molar-refractivity contribution in [2.45, 2.75) is 57.1 Å². The third-order valence-electron chi connectivity index (χ3n) is 4.63. The van der Waals surface area contributed by atoms with Crippen LogP contribution in [0, 0.1) is 0 Å². The molecule has 2 heterocycles. The first-order valence-corrected chi connectivity index (χ1v) is 8.50. The van der Waals surface area contributed by atoms with Gasteiger partial charge in [0.15, 0.2) is 0 Å². The largest absolute Gasteiger partial charge is 0.380 e. The summed E-state index contributed by atoms with van der Waals surface area (Å²) in [5.41, 5.74) is 0. The molecule has 0 N–H and O–H groups in total. The van der Waals surface area contributed by atoms with Gasteiger partial charge >= 0.3 is 0 Å². The Morgan fingerprint density at radius 1 is 1.21 bits per heavy atom. The summed E-state index contributed by atoms with van der Waals surface area (Å²) < 4.78 is 5.44. The summed E-state index contributed by atoms with van der Waals surface area (Å²) in [4.78, 5) is 5.71. The molecule has 2 nitrogen and oxygen atoms in total. The van der Waals surface area contributed by atoms with E-state index in [0.29, 0.717) is 6.10 Å². The molecule has 1 unspecified atom stereocenters. The first kappa shape index (κ1) is 13.6. The van der Waals surface area contributed by atoms with Crippen molar-refractivity contribution in [1.82, 2.24) is 4.90 Å². The fraction of sp³-hybridized carbons (Fsp3) is 0.750. The maximum absolute atomic E-state index is 5.44. The summed E-state index contributed by atoms with van der Waals surface area (Å²) in [6.45, 7) is 3.42. The zero-order valence-corrected chi connectivity index (χ0v) is 12.8. The normalized spacial score (nSPS) is 26.1. The highest BCUT2D eigenvalue weighted by Gasteiger charge is 2.23. The van der Waals surface area contributed by atoms with Gasteiger partial charge in [0, 0.05) is 36.5 Å². The van der Waals surface area contributed by atoms with Crippen LogP contribution in [0.5, 0.6) is 0 Å². The van der Waals surface area contributed by atoms with E-state index in [1.165, 1.54) is 49.9 Å². The van der Waals surface area contributed by atoms with E-state index in [-0.39, 0.29) is 0 Å². The molecule has 1 atom stereocenters. The molecule has 2 aliphatic rings. The van der Waals surface area contributed by atoms with Crippen LogP contribution in [-0.2, 0) is 11.3 Å². The smallest absolute Gasteiger partial charge is 0.0710 e. The Morgan fingerprint density at radius 3 is 2.79 bits per heavy atom. The standard InChI is InChI=1S/C16H25NOS/c1-18-14-9-10-17(11-14)12-15-7-8-16(19-15)13-5-3-2-4-6-13/h7-8,13-14H,2-6,9-12H2,1H3. The molecule has 0 aromatic carbocycles. The van der Waals surface area contributed by atoms with Gasteiger partial charge in [0.2, 0.25) is 0 Å². The molecule has 2 fully saturated rings. The molecule has 3 rings (SSSR count). The Morgan fingerprint density at radius 2 is 2.05 bits per heavy atom. The number of thiophene rings is 1. The fourth-order valence-corrected chi connectivity index (χ4v) is 4.66. The zero-order chi connectivity index (χ0) is 13.1. The van der Waals surface area contributed by atoms with Crippen LogP contribution >= 0.6 is 11.3 Å². The first-order chi connectivity index (χ1) is 9.35. The van der Waals surface area contributed by atoms with E-state index in [9.17, 15) is 0 Å². The Kier molecular flexibility index (Phi) is 4.57. The zero-order valence-electron chi connectivity index (χ0n) is 11.9. The van der Waals surface area contributed by atoms with E-state index >= 15 is 0 Å². The lowest BCUT2D eigenvalue weighted by molar-refractivity contribution is 0.107. The molecule has 1 aromatic rings. The number of likely N-dealkylation sites (tertiary alicyclic amines) is 1. The Labute approximate surface area is 120 Å². The average molecular weight is 279 g/mol. The highest BCUT2D eigenvalue weighted by molar-refractivity contribution is 7.12. The number of hydrogen-bond acceptors (Lipinski definition) is 3. The highest BCUT2D eigenvalue weighted by Crippen LogP contribution is 2.36. The van der Waals surface area contributed by atoms with Gasteiger partial charge in [0.05, 0.1) is 6.10 Å². The van der Waals surface area contributed by atoms with Crippen LogP contribution in [0.15, 0.2) is 12.1 Å². The third kappa shape index (κ3) is 3.39. The second-order valence-electron chi connectivity index (χ2n) is 6.02. The molecule has 1 aliphatic carbocycles.